The molecule has 0 aromatic heterocycles. The highest BCUT2D eigenvalue weighted by molar-refractivity contribution is 8.17. The van der Waals surface area contributed by atoms with Gasteiger partial charge in [-0.2, -0.15) is 0 Å². The summed E-state index contributed by atoms with van der Waals surface area (Å²) in [6, 6.07) is 0. The molecule has 1 aliphatic heterocycles. The summed E-state index contributed by atoms with van der Waals surface area (Å²) >= 11 is 4.15. The highest BCUT2D eigenvalue weighted by atomic mass is 32.2. The minimum atomic E-state index is -1.84. The molecular formula is C16H34O2S2Si. The summed E-state index contributed by atoms with van der Waals surface area (Å²) in [5.41, 5.74) is 1.84. The van der Waals surface area contributed by atoms with E-state index >= 15 is 0 Å². The lowest BCUT2D eigenvalue weighted by Gasteiger charge is -2.44. The van der Waals surface area contributed by atoms with Gasteiger partial charge in [-0.25, -0.2) is 0 Å². The van der Waals surface area contributed by atoms with Crippen molar-refractivity contribution in [3.63, 3.8) is 0 Å². The fourth-order valence-electron chi connectivity index (χ4n) is 3.66. The van der Waals surface area contributed by atoms with Crippen molar-refractivity contribution in [2.75, 3.05) is 18.6 Å². The van der Waals surface area contributed by atoms with E-state index in [1.165, 1.54) is 17.9 Å². The lowest BCUT2D eigenvalue weighted by molar-refractivity contribution is -0.0668. The molecule has 1 rings (SSSR count). The molecule has 21 heavy (non-hydrogen) atoms. The molecule has 0 bridgehead atoms. The van der Waals surface area contributed by atoms with Crippen molar-refractivity contribution in [1.82, 2.24) is 0 Å². The minimum Gasteiger partial charge on any atom is -0.391 e. The van der Waals surface area contributed by atoms with Gasteiger partial charge in [0.05, 0.1) is 4.58 Å². The van der Waals surface area contributed by atoms with Crippen LogP contribution >= 0.6 is 23.5 Å². The number of methoxy groups -OCH3 is 1. The quantitative estimate of drug-likeness (QED) is 0.410. The summed E-state index contributed by atoms with van der Waals surface area (Å²) in [5.74, 6) is 2.57. The summed E-state index contributed by atoms with van der Waals surface area (Å²) in [6.45, 7) is 14.0. The largest absolute Gasteiger partial charge is 0.391 e. The standard InChI is InChI=1S/C16H34O2S2Si/c1-12(2)21(13(3)4,14(5)6)18-15(17-7)11-16-19-9-8-10-20-16/h12-16H,8-11H2,1-7H3. The van der Waals surface area contributed by atoms with E-state index in [1.54, 1.807) is 0 Å². The van der Waals surface area contributed by atoms with Gasteiger partial charge in [0.2, 0.25) is 8.32 Å². The Morgan fingerprint density at radius 3 is 1.81 bits per heavy atom. The molecule has 1 atom stereocenters. The fourth-order valence-corrected chi connectivity index (χ4v) is 12.0. The van der Waals surface area contributed by atoms with E-state index in [0.717, 1.165) is 6.42 Å². The third-order valence-corrected chi connectivity index (χ3v) is 13.7. The Balaban J connectivity index is 2.78. The molecule has 1 saturated heterocycles. The highest BCUT2D eigenvalue weighted by Crippen LogP contribution is 2.44. The van der Waals surface area contributed by atoms with Crippen molar-refractivity contribution >= 4 is 31.8 Å². The summed E-state index contributed by atoms with van der Waals surface area (Å²) in [6.07, 6.45) is 2.33. The molecular weight excluding hydrogens is 316 g/mol. The molecule has 1 unspecified atom stereocenters. The number of hydrogen-bond acceptors (Lipinski definition) is 4. The van der Waals surface area contributed by atoms with E-state index < -0.39 is 8.32 Å². The minimum absolute atomic E-state index is 0.0352. The van der Waals surface area contributed by atoms with Gasteiger partial charge in [-0.15, -0.1) is 23.5 Å². The van der Waals surface area contributed by atoms with Gasteiger partial charge in [0, 0.05) is 13.5 Å². The van der Waals surface area contributed by atoms with Crippen LogP contribution in [0.3, 0.4) is 0 Å². The van der Waals surface area contributed by atoms with Gasteiger partial charge in [0.25, 0.3) is 0 Å². The summed E-state index contributed by atoms with van der Waals surface area (Å²) in [5, 5.41) is 0. The van der Waals surface area contributed by atoms with E-state index in [1.807, 2.05) is 7.11 Å². The van der Waals surface area contributed by atoms with Crippen molar-refractivity contribution in [1.29, 1.82) is 0 Å². The summed E-state index contributed by atoms with van der Waals surface area (Å²) in [4.78, 5) is 0. The average Bonchev–Trinajstić information content (AvgIpc) is 2.43. The van der Waals surface area contributed by atoms with Crippen LogP contribution in [0.2, 0.25) is 16.6 Å². The first-order valence-electron chi connectivity index (χ1n) is 8.28. The maximum absolute atomic E-state index is 6.76. The molecule has 0 spiro atoms. The predicted molar refractivity (Wildman–Crippen MR) is 101 cm³/mol. The molecule has 0 N–H and O–H groups in total. The van der Waals surface area contributed by atoms with Crippen LogP contribution in [0.4, 0.5) is 0 Å². The van der Waals surface area contributed by atoms with Crippen molar-refractivity contribution in [3.8, 4) is 0 Å². The monoisotopic (exact) mass is 350 g/mol. The molecule has 5 heteroatoms. The third kappa shape index (κ3) is 5.16. The normalized spacial score (nSPS) is 19.7. The first kappa shape index (κ1) is 19.9. The second-order valence-corrected chi connectivity index (χ2v) is 15.2. The number of thioether (sulfide) groups is 2. The molecule has 1 heterocycles. The summed E-state index contributed by atoms with van der Waals surface area (Å²) in [7, 11) is -0.0312. The van der Waals surface area contributed by atoms with Crippen LogP contribution in [0.15, 0.2) is 0 Å². The van der Waals surface area contributed by atoms with Crippen LogP contribution in [0.5, 0.6) is 0 Å². The van der Waals surface area contributed by atoms with Crippen LogP contribution in [0.25, 0.3) is 0 Å². The molecule has 0 aromatic carbocycles. The Bertz CT molecular complexity index is 270. The van der Waals surface area contributed by atoms with E-state index in [4.69, 9.17) is 9.16 Å². The lowest BCUT2D eigenvalue weighted by Crippen LogP contribution is -2.50. The molecule has 1 aliphatic rings. The first-order chi connectivity index (χ1) is 9.84. The molecule has 0 radical (unpaired) electrons. The third-order valence-electron chi connectivity index (χ3n) is 4.59. The predicted octanol–water partition coefficient (Wildman–Crippen LogP) is 5.74. The molecule has 2 nitrogen and oxygen atoms in total. The molecule has 126 valence electrons. The van der Waals surface area contributed by atoms with E-state index in [9.17, 15) is 0 Å². The number of hydrogen-bond donors (Lipinski definition) is 0. The maximum atomic E-state index is 6.76. The molecule has 0 aliphatic carbocycles. The van der Waals surface area contributed by atoms with Gasteiger partial charge in [-0.1, -0.05) is 41.5 Å². The van der Waals surface area contributed by atoms with Gasteiger partial charge in [0.1, 0.15) is 6.29 Å². The zero-order chi connectivity index (χ0) is 16.0. The van der Waals surface area contributed by atoms with Crippen LogP contribution in [-0.2, 0) is 9.16 Å². The van der Waals surface area contributed by atoms with Crippen LogP contribution in [-0.4, -0.2) is 37.8 Å². The zero-order valence-electron chi connectivity index (χ0n) is 14.8. The smallest absolute Gasteiger partial charge is 0.203 e. The van der Waals surface area contributed by atoms with Crippen molar-refractivity contribution in [2.24, 2.45) is 0 Å². The molecule has 0 aromatic rings. The topological polar surface area (TPSA) is 18.5 Å². The van der Waals surface area contributed by atoms with Crippen molar-refractivity contribution < 1.29 is 9.16 Å². The second-order valence-electron chi connectivity index (χ2n) is 6.86. The summed E-state index contributed by atoms with van der Waals surface area (Å²) < 4.78 is 13.1. The fraction of sp³-hybridized carbons (Fsp3) is 1.00. The van der Waals surface area contributed by atoms with E-state index in [2.05, 4.69) is 65.1 Å². The Morgan fingerprint density at radius 2 is 1.43 bits per heavy atom. The molecule has 1 fully saturated rings. The van der Waals surface area contributed by atoms with Gasteiger partial charge in [-0.05, 0) is 34.6 Å². The van der Waals surface area contributed by atoms with Gasteiger partial charge in [-0.3, -0.25) is 0 Å². The SMILES string of the molecule is COC(CC1SCCCS1)O[Si](C(C)C)(C(C)C)C(C)C. The van der Waals surface area contributed by atoms with Crippen LogP contribution in [0.1, 0.15) is 54.4 Å². The van der Waals surface area contributed by atoms with E-state index in [-0.39, 0.29) is 6.29 Å². The van der Waals surface area contributed by atoms with Gasteiger partial charge in [0.15, 0.2) is 0 Å². The van der Waals surface area contributed by atoms with E-state index in [0.29, 0.717) is 21.2 Å². The average molecular weight is 351 g/mol. The lowest BCUT2D eigenvalue weighted by atomic mass is 10.5. The van der Waals surface area contributed by atoms with Gasteiger partial charge < -0.3 is 9.16 Å². The number of rotatable bonds is 8. The molecule has 0 saturated carbocycles. The van der Waals surface area contributed by atoms with Crippen molar-refractivity contribution in [2.45, 2.75) is 81.9 Å². The molecule has 0 amide bonds. The van der Waals surface area contributed by atoms with Gasteiger partial charge >= 0.3 is 0 Å². The number of ether oxygens (including phenoxy) is 1. The Hall–Kier alpha value is 0.837. The maximum Gasteiger partial charge on any atom is 0.203 e. The Labute approximate surface area is 141 Å². The Morgan fingerprint density at radius 1 is 0.952 bits per heavy atom. The zero-order valence-corrected chi connectivity index (χ0v) is 17.5. The second kappa shape index (κ2) is 9.21. The van der Waals surface area contributed by atoms with Crippen LogP contribution in [0, 0.1) is 0 Å². The highest BCUT2D eigenvalue weighted by Gasteiger charge is 2.47. The van der Waals surface area contributed by atoms with Crippen LogP contribution < -0.4 is 0 Å². The first-order valence-corrected chi connectivity index (χ1v) is 12.5. The van der Waals surface area contributed by atoms with Crippen molar-refractivity contribution in [3.05, 3.63) is 0 Å². The Kier molecular flexibility index (Phi) is 8.72.